The maximum Gasteiger partial charge on any atom is 0.184 e. The van der Waals surface area contributed by atoms with Crippen molar-refractivity contribution in [3.8, 4) is 11.5 Å². The number of thioether (sulfide) groups is 1. The van der Waals surface area contributed by atoms with Crippen molar-refractivity contribution < 1.29 is 0 Å². The maximum absolute atomic E-state index is 4.27. The lowest BCUT2D eigenvalue weighted by atomic mass is 10.4. The van der Waals surface area contributed by atoms with E-state index in [0.29, 0.717) is 0 Å². The van der Waals surface area contributed by atoms with Gasteiger partial charge in [0.05, 0.1) is 6.20 Å². The highest BCUT2D eigenvalue weighted by molar-refractivity contribution is 7.99. The molecule has 82 valence electrons. The van der Waals surface area contributed by atoms with Crippen molar-refractivity contribution in [2.24, 2.45) is 0 Å². The molecule has 2 aromatic rings. The van der Waals surface area contributed by atoms with Crippen molar-refractivity contribution in [3.05, 3.63) is 24.4 Å². The van der Waals surface area contributed by atoms with E-state index < -0.39 is 0 Å². The minimum atomic E-state index is 0.799. The van der Waals surface area contributed by atoms with Crippen LogP contribution in [-0.2, 0) is 13.0 Å². The second kappa shape index (κ2) is 4.21. The molecule has 5 nitrogen and oxygen atoms in total. The molecule has 0 saturated carbocycles. The van der Waals surface area contributed by atoms with Crippen LogP contribution in [0.1, 0.15) is 5.82 Å². The molecule has 0 aromatic carbocycles. The Morgan fingerprint density at radius 3 is 3.06 bits per heavy atom. The first kappa shape index (κ1) is 9.77. The summed E-state index contributed by atoms with van der Waals surface area (Å²) in [5, 5.41) is 8.44. The molecule has 0 N–H and O–H groups in total. The summed E-state index contributed by atoms with van der Waals surface area (Å²) in [7, 11) is 0. The summed E-state index contributed by atoms with van der Waals surface area (Å²) in [5.74, 6) is 4.13. The van der Waals surface area contributed by atoms with E-state index in [1.165, 1.54) is 0 Å². The number of fused-ring (bicyclic) bond motifs is 1. The van der Waals surface area contributed by atoms with E-state index in [0.717, 1.165) is 41.8 Å². The van der Waals surface area contributed by atoms with Crippen molar-refractivity contribution in [3.63, 3.8) is 0 Å². The van der Waals surface area contributed by atoms with Gasteiger partial charge in [0.2, 0.25) is 0 Å². The quantitative estimate of drug-likeness (QED) is 0.736. The van der Waals surface area contributed by atoms with E-state index in [1.54, 1.807) is 18.6 Å². The molecule has 3 heterocycles. The maximum atomic E-state index is 4.27. The molecule has 0 bridgehead atoms. The predicted molar refractivity (Wildman–Crippen MR) is 62.1 cm³/mol. The van der Waals surface area contributed by atoms with Crippen LogP contribution in [0.15, 0.2) is 18.6 Å². The topological polar surface area (TPSA) is 56.5 Å². The van der Waals surface area contributed by atoms with Crippen LogP contribution in [-0.4, -0.2) is 36.2 Å². The molecule has 0 aliphatic carbocycles. The monoisotopic (exact) mass is 233 g/mol. The van der Waals surface area contributed by atoms with Crippen molar-refractivity contribution in [1.82, 2.24) is 24.7 Å². The van der Waals surface area contributed by atoms with Gasteiger partial charge in [0.25, 0.3) is 0 Å². The molecule has 0 amide bonds. The Balaban J connectivity index is 2.06. The normalized spacial score (nSPS) is 15.5. The SMILES string of the molecule is c1cnc(-c2nnc3n2CCSCC3)cn1. The second-order valence-electron chi connectivity index (χ2n) is 3.54. The molecule has 0 spiro atoms. The Kier molecular flexibility index (Phi) is 2.57. The zero-order valence-corrected chi connectivity index (χ0v) is 9.52. The summed E-state index contributed by atoms with van der Waals surface area (Å²) in [4.78, 5) is 8.33. The highest BCUT2D eigenvalue weighted by Gasteiger charge is 2.16. The molecule has 0 unspecified atom stereocenters. The summed E-state index contributed by atoms with van der Waals surface area (Å²) >= 11 is 1.96. The van der Waals surface area contributed by atoms with Gasteiger partial charge in [-0.05, 0) is 0 Å². The van der Waals surface area contributed by atoms with Crippen LogP contribution in [0.5, 0.6) is 0 Å². The Morgan fingerprint density at radius 2 is 2.19 bits per heavy atom. The largest absolute Gasteiger partial charge is 0.309 e. The highest BCUT2D eigenvalue weighted by Crippen LogP contribution is 2.19. The van der Waals surface area contributed by atoms with Crippen molar-refractivity contribution >= 4 is 11.8 Å². The smallest absolute Gasteiger partial charge is 0.184 e. The zero-order chi connectivity index (χ0) is 10.8. The van der Waals surface area contributed by atoms with Gasteiger partial charge in [0.1, 0.15) is 11.5 Å². The molecule has 2 aromatic heterocycles. The van der Waals surface area contributed by atoms with Crippen LogP contribution < -0.4 is 0 Å². The van der Waals surface area contributed by atoms with E-state index in [2.05, 4.69) is 24.7 Å². The number of hydrogen-bond acceptors (Lipinski definition) is 5. The summed E-state index contributed by atoms with van der Waals surface area (Å²) < 4.78 is 2.16. The lowest BCUT2D eigenvalue weighted by molar-refractivity contribution is 0.729. The second-order valence-corrected chi connectivity index (χ2v) is 4.77. The fourth-order valence-corrected chi connectivity index (χ4v) is 2.62. The fraction of sp³-hybridized carbons (Fsp3) is 0.400. The molecule has 1 aliphatic rings. The minimum Gasteiger partial charge on any atom is -0.309 e. The number of rotatable bonds is 1. The van der Waals surface area contributed by atoms with E-state index in [4.69, 9.17) is 0 Å². The minimum absolute atomic E-state index is 0.799. The van der Waals surface area contributed by atoms with Gasteiger partial charge in [-0.25, -0.2) is 4.98 Å². The molecule has 3 rings (SSSR count). The molecule has 0 radical (unpaired) electrons. The van der Waals surface area contributed by atoms with E-state index in [1.807, 2.05) is 11.8 Å². The van der Waals surface area contributed by atoms with Crippen molar-refractivity contribution in [2.45, 2.75) is 13.0 Å². The van der Waals surface area contributed by atoms with Gasteiger partial charge in [0.15, 0.2) is 5.82 Å². The van der Waals surface area contributed by atoms with Gasteiger partial charge in [-0.3, -0.25) is 4.98 Å². The Labute approximate surface area is 97.3 Å². The number of nitrogens with zero attached hydrogens (tertiary/aromatic N) is 5. The summed E-state index contributed by atoms with van der Waals surface area (Å²) in [5.41, 5.74) is 0.799. The summed E-state index contributed by atoms with van der Waals surface area (Å²) in [6, 6.07) is 0. The third-order valence-corrected chi connectivity index (χ3v) is 3.51. The van der Waals surface area contributed by atoms with E-state index in [-0.39, 0.29) is 0 Å². The molecule has 0 fully saturated rings. The van der Waals surface area contributed by atoms with E-state index >= 15 is 0 Å². The van der Waals surface area contributed by atoms with Gasteiger partial charge >= 0.3 is 0 Å². The lowest BCUT2D eigenvalue weighted by Crippen LogP contribution is -2.05. The van der Waals surface area contributed by atoms with E-state index in [9.17, 15) is 0 Å². The first-order chi connectivity index (χ1) is 7.95. The first-order valence-electron chi connectivity index (χ1n) is 5.21. The Hall–Kier alpha value is -1.43. The lowest BCUT2D eigenvalue weighted by Gasteiger charge is -2.04. The molecule has 0 atom stereocenters. The standard InChI is InChI=1S/C10H11N5S/c1-5-16-6-4-15-9(1)13-14-10(15)8-7-11-2-3-12-8/h2-3,7H,1,4-6H2. The molecule has 0 saturated heterocycles. The average Bonchev–Trinajstić information content (AvgIpc) is 2.60. The predicted octanol–water partition coefficient (Wildman–Crippen LogP) is 1.02. The van der Waals surface area contributed by atoms with Crippen LogP contribution in [0.4, 0.5) is 0 Å². The fourth-order valence-electron chi connectivity index (χ4n) is 1.78. The third-order valence-electron chi connectivity index (χ3n) is 2.55. The van der Waals surface area contributed by atoms with Crippen LogP contribution in [0.25, 0.3) is 11.5 Å². The van der Waals surface area contributed by atoms with Gasteiger partial charge in [-0.15, -0.1) is 10.2 Å². The average molecular weight is 233 g/mol. The molecule has 16 heavy (non-hydrogen) atoms. The first-order valence-corrected chi connectivity index (χ1v) is 6.37. The third kappa shape index (κ3) is 1.69. The summed E-state index contributed by atoms with van der Waals surface area (Å²) in [6.45, 7) is 0.957. The molecular formula is C10H11N5S. The molecule has 1 aliphatic heterocycles. The molecular weight excluding hydrogens is 222 g/mol. The number of aryl methyl sites for hydroxylation is 1. The van der Waals surface area contributed by atoms with Crippen molar-refractivity contribution in [1.29, 1.82) is 0 Å². The van der Waals surface area contributed by atoms with Crippen LogP contribution >= 0.6 is 11.8 Å². The van der Waals surface area contributed by atoms with Gasteiger partial charge in [-0.2, -0.15) is 11.8 Å². The van der Waals surface area contributed by atoms with Gasteiger partial charge < -0.3 is 4.57 Å². The van der Waals surface area contributed by atoms with Crippen molar-refractivity contribution in [2.75, 3.05) is 11.5 Å². The Bertz CT molecular complexity index is 481. The van der Waals surface area contributed by atoms with Gasteiger partial charge in [0, 0.05) is 36.9 Å². The number of hydrogen-bond donors (Lipinski definition) is 0. The number of aromatic nitrogens is 5. The van der Waals surface area contributed by atoms with Crippen LogP contribution in [0.2, 0.25) is 0 Å². The Morgan fingerprint density at radius 1 is 1.19 bits per heavy atom. The van der Waals surface area contributed by atoms with Crippen LogP contribution in [0.3, 0.4) is 0 Å². The van der Waals surface area contributed by atoms with Crippen LogP contribution in [0, 0.1) is 0 Å². The summed E-state index contributed by atoms with van der Waals surface area (Å²) in [6.07, 6.45) is 6.06. The highest BCUT2D eigenvalue weighted by atomic mass is 32.2. The molecule has 6 heteroatoms. The zero-order valence-electron chi connectivity index (χ0n) is 8.70. The van der Waals surface area contributed by atoms with Gasteiger partial charge in [-0.1, -0.05) is 0 Å².